The van der Waals surface area contributed by atoms with E-state index in [1.807, 2.05) is 18.2 Å². The molecule has 0 aliphatic rings. The number of hydrogen-bond donors (Lipinski definition) is 1. The summed E-state index contributed by atoms with van der Waals surface area (Å²) >= 11 is 3.30. The summed E-state index contributed by atoms with van der Waals surface area (Å²) in [4.78, 5) is 0.159. The van der Waals surface area contributed by atoms with E-state index >= 15 is 0 Å². The van der Waals surface area contributed by atoms with Gasteiger partial charge in [0.15, 0.2) is 0 Å². The number of benzene rings is 2. The van der Waals surface area contributed by atoms with Crippen LogP contribution in [-0.4, -0.2) is 22.6 Å². The third-order valence-electron chi connectivity index (χ3n) is 3.37. The maximum absolute atomic E-state index is 12.6. The molecule has 23 heavy (non-hydrogen) atoms. The molecule has 2 aromatic rings. The van der Waals surface area contributed by atoms with Crippen molar-refractivity contribution >= 4 is 26.0 Å². The zero-order valence-corrected chi connectivity index (χ0v) is 15.4. The average molecular weight is 400 g/mol. The van der Waals surface area contributed by atoms with Gasteiger partial charge in [-0.2, -0.15) is 0 Å². The van der Waals surface area contributed by atoms with Crippen LogP contribution in [0.25, 0.3) is 0 Å². The number of halogens is 1. The van der Waals surface area contributed by atoms with E-state index in [-0.39, 0.29) is 4.90 Å². The number of hydrogen-bond acceptors (Lipinski definition) is 4. The Morgan fingerprint density at radius 1 is 1.04 bits per heavy atom. The molecule has 2 aromatic carbocycles. The van der Waals surface area contributed by atoms with Gasteiger partial charge in [-0.15, -0.1) is 0 Å². The number of nitrogens with one attached hydrogen (secondary N) is 1. The van der Waals surface area contributed by atoms with Crippen LogP contribution < -0.4 is 14.2 Å². The largest absolute Gasteiger partial charge is 0.496 e. The van der Waals surface area contributed by atoms with Crippen LogP contribution in [0.3, 0.4) is 0 Å². The number of rotatable bonds is 6. The minimum Gasteiger partial charge on any atom is -0.496 e. The van der Waals surface area contributed by atoms with E-state index in [4.69, 9.17) is 9.47 Å². The fourth-order valence-electron chi connectivity index (χ4n) is 2.20. The van der Waals surface area contributed by atoms with Gasteiger partial charge >= 0.3 is 0 Å². The second kappa shape index (κ2) is 7.33. The monoisotopic (exact) mass is 399 g/mol. The first-order valence-corrected chi connectivity index (χ1v) is 9.15. The highest BCUT2D eigenvalue weighted by Gasteiger charge is 2.21. The summed E-state index contributed by atoms with van der Waals surface area (Å²) in [5, 5.41) is 0. The predicted molar refractivity (Wildman–Crippen MR) is 92.4 cm³/mol. The Kier molecular flexibility index (Phi) is 5.67. The van der Waals surface area contributed by atoms with E-state index in [2.05, 4.69) is 20.7 Å². The SMILES string of the molecule is COc1ccc(S(=O)(=O)N[C@@H](C)c2ccccc2OC)cc1Br. The smallest absolute Gasteiger partial charge is 0.241 e. The zero-order chi connectivity index (χ0) is 17.0. The van der Waals surface area contributed by atoms with Crippen LogP contribution in [-0.2, 0) is 10.0 Å². The molecule has 1 N–H and O–H groups in total. The first kappa shape index (κ1) is 17.8. The first-order chi connectivity index (χ1) is 10.9. The fraction of sp³-hybridized carbons (Fsp3) is 0.250. The topological polar surface area (TPSA) is 64.6 Å². The molecule has 0 saturated carbocycles. The highest BCUT2D eigenvalue weighted by atomic mass is 79.9. The van der Waals surface area contributed by atoms with E-state index in [0.717, 1.165) is 5.56 Å². The second-order valence-corrected chi connectivity index (χ2v) is 7.45. The Morgan fingerprint density at radius 3 is 2.30 bits per heavy atom. The van der Waals surface area contributed by atoms with Crippen LogP contribution in [0.4, 0.5) is 0 Å². The van der Waals surface area contributed by atoms with E-state index in [1.165, 1.54) is 19.2 Å². The first-order valence-electron chi connectivity index (χ1n) is 6.88. The Balaban J connectivity index is 2.29. The molecule has 5 nitrogen and oxygen atoms in total. The van der Waals surface area contributed by atoms with Crippen molar-refractivity contribution in [1.82, 2.24) is 4.72 Å². The molecule has 1 atom stereocenters. The van der Waals surface area contributed by atoms with E-state index in [9.17, 15) is 8.42 Å². The van der Waals surface area contributed by atoms with Crippen molar-refractivity contribution in [3.05, 3.63) is 52.5 Å². The molecule has 124 valence electrons. The molecule has 0 aliphatic heterocycles. The number of methoxy groups -OCH3 is 2. The third-order valence-corrected chi connectivity index (χ3v) is 5.53. The quantitative estimate of drug-likeness (QED) is 0.806. The Bertz CT molecular complexity index is 792. The van der Waals surface area contributed by atoms with Gasteiger partial charge in [0.05, 0.1) is 23.6 Å². The summed E-state index contributed by atoms with van der Waals surface area (Å²) in [7, 11) is -0.591. The highest BCUT2D eigenvalue weighted by molar-refractivity contribution is 9.10. The third kappa shape index (κ3) is 4.04. The van der Waals surface area contributed by atoms with Gasteiger partial charge in [0.1, 0.15) is 11.5 Å². The summed E-state index contributed by atoms with van der Waals surface area (Å²) < 4.78 is 38.7. The van der Waals surface area contributed by atoms with Crippen LogP contribution in [0, 0.1) is 0 Å². The molecule has 0 unspecified atom stereocenters. The molecule has 0 heterocycles. The van der Waals surface area contributed by atoms with Crippen molar-refractivity contribution in [3.8, 4) is 11.5 Å². The lowest BCUT2D eigenvalue weighted by molar-refractivity contribution is 0.405. The normalized spacial score (nSPS) is 12.7. The summed E-state index contributed by atoms with van der Waals surface area (Å²) in [6.07, 6.45) is 0. The molecule has 0 aromatic heterocycles. The van der Waals surface area contributed by atoms with Crippen molar-refractivity contribution in [2.75, 3.05) is 14.2 Å². The summed E-state index contributed by atoms with van der Waals surface area (Å²) in [5.41, 5.74) is 0.770. The van der Waals surface area contributed by atoms with E-state index in [1.54, 1.807) is 26.2 Å². The van der Waals surface area contributed by atoms with Crippen molar-refractivity contribution in [1.29, 1.82) is 0 Å². The number of sulfonamides is 1. The standard InChI is InChI=1S/C16H18BrNO4S/c1-11(13-6-4-5-7-15(13)21-2)18-23(19,20)12-8-9-16(22-3)14(17)10-12/h4-11,18H,1-3H3/t11-/m0/s1. The minimum atomic E-state index is -3.67. The second-order valence-electron chi connectivity index (χ2n) is 4.88. The molecule has 0 fully saturated rings. The van der Waals surface area contributed by atoms with Gasteiger partial charge in [-0.05, 0) is 47.1 Å². The lowest BCUT2D eigenvalue weighted by Gasteiger charge is -2.17. The molecule has 0 amide bonds. The van der Waals surface area contributed by atoms with Crippen molar-refractivity contribution < 1.29 is 17.9 Å². The van der Waals surface area contributed by atoms with Gasteiger partial charge in [-0.1, -0.05) is 18.2 Å². The molecular weight excluding hydrogens is 382 g/mol. The molecule has 0 aliphatic carbocycles. The summed E-state index contributed by atoms with van der Waals surface area (Å²) in [6.45, 7) is 1.77. The van der Waals surface area contributed by atoms with Crippen LogP contribution in [0.5, 0.6) is 11.5 Å². The molecule has 0 saturated heterocycles. The maximum Gasteiger partial charge on any atom is 0.241 e. The fourth-order valence-corrected chi connectivity index (χ4v) is 4.14. The van der Waals surface area contributed by atoms with Crippen LogP contribution in [0.2, 0.25) is 0 Å². The number of ether oxygens (including phenoxy) is 2. The summed E-state index contributed by atoms with van der Waals surface area (Å²) in [5.74, 6) is 1.21. The minimum absolute atomic E-state index is 0.159. The molecular formula is C16H18BrNO4S. The van der Waals surface area contributed by atoms with Gasteiger partial charge in [-0.3, -0.25) is 0 Å². The van der Waals surface area contributed by atoms with Crippen LogP contribution in [0.1, 0.15) is 18.5 Å². The maximum atomic E-state index is 12.6. The lowest BCUT2D eigenvalue weighted by Crippen LogP contribution is -2.27. The van der Waals surface area contributed by atoms with Crippen molar-refractivity contribution in [3.63, 3.8) is 0 Å². The van der Waals surface area contributed by atoms with E-state index in [0.29, 0.717) is 16.0 Å². The van der Waals surface area contributed by atoms with Gasteiger partial charge in [0, 0.05) is 11.6 Å². The van der Waals surface area contributed by atoms with Gasteiger partial charge in [-0.25, -0.2) is 13.1 Å². The summed E-state index contributed by atoms with van der Waals surface area (Å²) in [6, 6.07) is 11.5. The number of para-hydroxylation sites is 1. The van der Waals surface area contributed by atoms with E-state index < -0.39 is 16.1 Å². The Hall–Kier alpha value is -1.57. The van der Waals surface area contributed by atoms with Crippen LogP contribution in [0.15, 0.2) is 51.8 Å². The highest BCUT2D eigenvalue weighted by Crippen LogP contribution is 2.29. The van der Waals surface area contributed by atoms with Crippen molar-refractivity contribution in [2.24, 2.45) is 0 Å². The zero-order valence-electron chi connectivity index (χ0n) is 13.0. The Labute approximate surface area is 144 Å². The van der Waals surface area contributed by atoms with Crippen molar-refractivity contribution in [2.45, 2.75) is 17.9 Å². The molecule has 7 heteroatoms. The molecule has 2 rings (SSSR count). The lowest BCUT2D eigenvalue weighted by atomic mass is 10.1. The van der Waals surface area contributed by atoms with Crippen LogP contribution >= 0.6 is 15.9 Å². The molecule has 0 radical (unpaired) electrons. The predicted octanol–water partition coefficient (Wildman–Crippen LogP) is 3.51. The van der Waals surface area contributed by atoms with Gasteiger partial charge in [0.25, 0.3) is 0 Å². The molecule has 0 spiro atoms. The molecule has 0 bridgehead atoms. The van der Waals surface area contributed by atoms with Gasteiger partial charge in [0.2, 0.25) is 10.0 Å². The average Bonchev–Trinajstić information content (AvgIpc) is 2.54. The Morgan fingerprint density at radius 2 is 1.70 bits per heavy atom. The van der Waals surface area contributed by atoms with Gasteiger partial charge < -0.3 is 9.47 Å².